The van der Waals surface area contributed by atoms with E-state index in [2.05, 4.69) is 12.1 Å². The fraction of sp³-hybridized carbons (Fsp3) is 0.222. The second kappa shape index (κ2) is 4.87. The van der Waals surface area contributed by atoms with Crippen LogP contribution in [0, 0.1) is 0 Å². The van der Waals surface area contributed by atoms with Crippen molar-refractivity contribution in [3.63, 3.8) is 0 Å². The quantitative estimate of drug-likeness (QED) is 0.850. The van der Waals surface area contributed by atoms with E-state index >= 15 is 0 Å². The summed E-state index contributed by atoms with van der Waals surface area (Å²) in [5.74, 6) is 0. The molecule has 1 saturated carbocycles. The van der Waals surface area contributed by atoms with E-state index in [1.54, 1.807) is 0 Å². The summed E-state index contributed by atoms with van der Waals surface area (Å²) in [7, 11) is -0.831. The lowest BCUT2D eigenvalue weighted by Crippen LogP contribution is -2.40. The number of hydrogen-bond acceptors (Lipinski definition) is 2. The van der Waals surface area contributed by atoms with E-state index in [1.807, 2.05) is 48.5 Å². The van der Waals surface area contributed by atoms with Gasteiger partial charge in [0.2, 0.25) is 0 Å². The standard InChI is InChI=1S/C18H17BO2/c20-19-17(15-10-5-2-6-11-15)16(14-8-3-1-4-9-14)18(21-19)12-7-13-18/h1-6,8-11,20H,7,12-13H2. The number of benzene rings is 2. The van der Waals surface area contributed by atoms with Crippen LogP contribution in [-0.2, 0) is 4.65 Å². The Bertz CT molecular complexity index is 675. The van der Waals surface area contributed by atoms with Crippen LogP contribution < -0.4 is 0 Å². The van der Waals surface area contributed by atoms with E-state index in [9.17, 15) is 5.02 Å². The summed E-state index contributed by atoms with van der Waals surface area (Å²) in [6.45, 7) is 0. The van der Waals surface area contributed by atoms with E-state index in [1.165, 1.54) is 5.57 Å². The van der Waals surface area contributed by atoms with Crippen molar-refractivity contribution >= 4 is 18.2 Å². The van der Waals surface area contributed by atoms with Crippen LogP contribution in [0.3, 0.4) is 0 Å². The van der Waals surface area contributed by atoms with Crippen LogP contribution in [0.4, 0.5) is 0 Å². The van der Waals surface area contributed by atoms with Crippen molar-refractivity contribution < 1.29 is 9.68 Å². The summed E-state index contributed by atoms with van der Waals surface area (Å²) in [6.07, 6.45) is 3.14. The molecule has 2 aromatic carbocycles. The molecule has 1 N–H and O–H groups in total. The molecule has 21 heavy (non-hydrogen) atoms. The highest BCUT2D eigenvalue weighted by atomic mass is 16.5. The van der Waals surface area contributed by atoms with Crippen molar-refractivity contribution in [2.75, 3.05) is 0 Å². The lowest BCUT2D eigenvalue weighted by Gasteiger charge is -2.41. The van der Waals surface area contributed by atoms with Crippen molar-refractivity contribution in [2.24, 2.45) is 0 Å². The molecule has 1 fully saturated rings. The van der Waals surface area contributed by atoms with Gasteiger partial charge in [-0.2, -0.15) is 0 Å². The Balaban J connectivity index is 1.94. The molecule has 2 nitrogen and oxygen atoms in total. The second-order valence-electron chi connectivity index (χ2n) is 5.84. The Kier molecular flexibility index (Phi) is 2.98. The van der Waals surface area contributed by atoms with Crippen LogP contribution in [-0.4, -0.2) is 17.7 Å². The maximum atomic E-state index is 10.5. The molecule has 104 valence electrons. The Morgan fingerprint density at radius 1 is 0.857 bits per heavy atom. The fourth-order valence-corrected chi connectivity index (χ4v) is 3.49. The lowest BCUT2D eigenvalue weighted by atomic mass is 9.68. The molecule has 0 unspecified atom stereocenters. The molecule has 3 heteroatoms. The molecule has 0 aromatic heterocycles. The normalized spacial score (nSPS) is 20.0. The summed E-state index contributed by atoms with van der Waals surface area (Å²) in [6, 6.07) is 20.4. The highest BCUT2D eigenvalue weighted by molar-refractivity contribution is 6.71. The maximum Gasteiger partial charge on any atom is 0.492 e. The van der Waals surface area contributed by atoms with Gasteiger partial charge in [0.05, 0.1) is 5.60 Å². The molecule has 1 aliphatic heterocycles. The van der Waals surface area contributed by atoms with E-state index in [0.29, 0.717) is 0 Å². The minimum absolute atomic E-state index is 0.286. The average molecular weight is 276 g/mol. The van der Waals surface area contributed by atoms with E-state index < -0.39 is 7.12 Å². The number of hydrogen-bond donors (Lipinski definition) is 1. The molecule has 0 atom stereocenters. The minimum atomic E-state index is -0.831. The van der Waals surface area contributed by atoms with Gasteiger partial charge in [-0.15, -0.1) is 0 Å². The van der Waals surface area contributed by atoms with Crippen LogP contribution in [0.5, 0.6) is 0 Å². The van der Waals surface area contributed by atoms with Crippen LogP contribution in [0.2, 0.25) is 0 Å². The Hall–Kier alpha value is -1.84. The zero-order chi connectivity index (χ0) is 14.3. The van der Waals surface area contributed by atoms with Crippen molar-refractivity contribution in [3.8, 4) is 0 Å². The van der Waals surface area contributed by atoms with Crippen LogP contribution >= 0.6 is 0 Å². The van der Waals surface area contributed by atoms with Crippen molar-refractivity contribution in [2.45, 2.75) is 24.9 Å². The zero-order valence-corrected chi connectivity index (χ0v) is 11.8. The molecule has 1 spiro atoms. The Morgan fingerprint density at radius 2 is 1.43 bits per heavy atom. The Labute approximate surface area is 125 Å². The maximum absolute atomic E-state index is 10.5. The molecule has 0 radical (unpaired) electrons. The van der Waals surface area contributed by atoms with Crippen molar-refractivity contribution in [1.29, 1.82) is 0 Å². The first-order valence-corrected chi connectivity index (χ1v) is 7.52. The van der Waals surface area contributed by atoms with E-state index in [4.69, 9.17) is 4.65 Å². The van der Waals surface area contributed by atoms with Gasteiger partial charge < -0.3 is 9.68 Å². The third kappa shape index (κ3) is 1.96. The topological polar surface area (TPSA) is 29.5 Å². The summed E-state index contributed by atoms with van der Waals surface area (Å²) in [4.78, 5) is 0. The molecule has 0 bridgehead atoms. The van der Waals surface area contributed by atoms with Gasteiger partial charge in [0.25, 0.3) is 0 Å². The van der Waals surface area contributed by atoms with Gasteiger partial charge in [0, 0.05) is 0 Å². The molecule has 4 rings (SSSR count). The lowest BCUT2D eigenvalue weighted by molar-refractivity contribution is 0.0422. The predicted octanol–water partition coefficient (Wildman–Crippen LogP) is 3.57. The van der Waals surface area contributed by atoms with Gasteiger partial charge in [-0.25, -0.2) is 0 Å². The largest absolute Gasteiger partial charge is 0.492 e. The smallest absolute Gasteiger partial charge is 0.423 e. The van der Waals surface area contributed by atoms with Crippen LogP contribution in [0.25, 0.3) is 11.0 Å². The van der Waals surface area contributed by atoms with E-state index in [0.717, 1.165) is 35.9 Å². The summed E-state index contributed by atoms with van der Waals surface area (Å²) in [5.41, 5.74) is 4.03. The monoisotopic (exact) mass is 276 g/mol. The van der Waals surface area contributed by atoms with E-state index in [-0.39, 0.29) is 5.60 Å². The van der Waals surface area contributed by atoms with Crippen LogP contribution in [0.1, 0.15) is 30.4 Å². The fourth-order valence-electron chi connectivity index (χ4n) is 3.49. The van der Waals surface area contributed by atoms with Crippen molar-refractivity contribution in [3.05, 3.63) is 71.8 Å². The molecular weight excluding hydrogens is 259 g/mol. The molecule has 2 aliphatic rings. The summed E-state index contributed by atoms with van der Waals surface area (Å²) in [5, 5.41) is 10.5. The average Bonchev–Trinajstić information content (AvgIpc) is 2.83. The highest BCUT2D eigenvalue weighted by Crippen LogP contribution is 2.54. The highest BCUT2D eigenvalue weighted by Gasteiger charge is 2.52. The first-order chi connectivity index (χ1) is 10.3. The molecule has 2 aromatic rings. The van der Waals surface area contributed by atoms with Crippen molar-refractivity contribution in [1.82, 2.24) is 0 Å². The summed E-state index contributed by atoms with van der Waals surface area (Å²) < 4.78 is 6.00. The Morgan fingerprint density at radius 3 is 1.95 bits per heavy atom. The van der Waals surface area contributed by atoms with Gasteiger partial charge in [-0.05, 0) is 41.4 Å². The number of rotatable bonds is 2. The molecule has 0 saturated heterocycles. The molecule has 0 amide bonds. The predicted molar refractivity (Wildman–Crippen MR) is 85.3 cm³/mol. The second-order valence-corrected chi connectivity index (χ2v) is 5.84. The first-order valence-electron chi connectivity index (χ1n) is 7.52. The minimum Gasteiger partial charge on any atom is -0.423 e. The molecular formula is C18H17BO2. The van der Waals surface area contributed by atoms with Gasteiger partial charge in [-0.3, -0.25) is 0 Å². The molecule has 1 heterocycles. The van der Waals surface area contributed by atoms with Crippen LogP contribution in [0.15, 0.2) is 60.7 Å². The first kappa shape index (κ1) is 12.9. The third-order valence-corrected chi connectivity index (χ3v) is 4.62. The molecule has 1 aliphatic carbocycles. The van der Waals surface area contributed by atoms with Gasteiger partial charge in [-0.1, -0.05) is 60.7 Å². The van der Waals surface area contributed by atoms with Gasteiger partial charge >= 0.3 is 7.12 Å². The summed E-state index contributed by atoms with van der Waals surface area (Å²) >= 11 is 0. The SMILES string of the molecule is OB1OC2(CCC2)C(c2ccccc2)=C1c1ccccc1. The van der Waals surface area contributed by atoms with Gasteiger partial charge in [0.15, 0.2) is 0 Å². The third-order valence-electron chi connectivity index (χ3n) is 4.62. The zero-order valence-electron chi connectivity index (χ0n) is 11.8. The van der Waals surface area contributed by atoms with Gasteiger partial charge in [0.1, 0.15) is 0 Å².